The van der Waals surface area contributed by atoms with Crippen LogP contribution in [0.5, 0.6) is 0 Å². The highest BCUT2D eigenvalue weighted by molar-refractivity contribution is 5.66. The van der Waals surface area contributed by atoms with Crippen molar-refractivity contribution in [2.75, 3.05) is 0 Å². The van der Waals surface area contributed by atoms with Crippen molar-refractivity contribution < 1.29 is 15.0 Å². The summed E-state index contributed by atoms with van der Waals surface area (Å²) in [5, 5.41) is 18.4. The van der Waals surface area contributed by atoms with Gasteiger partial charge in [-0.2, -0.15) is 0 Å². The number of aliphatic hydroxyl groups is 1. The second-order valence-corrected chi connectivity index (χ2v) is 6.62. The number of aliphatic carboxylic acids is 1. The van der Waals surface area contributed by atoms with E-state index in [9.17, 15) is 9.90 Å². The first kappa shape index (κ1) is 22.2. The fraction of sp³-hybridized carbons (Fsp3) is 0.850. The fourth-order valence-corrected chi connectivity index (χ4v) is 2.72. The molecule has 3 nitrogen and oxygen atoms in total. The van der Waals surface area contributed by atoms with Crippen molar-refractivity contribution >= 4 is 5.97 Å². The summed E-state index contributed by atoms with van der Waals surface area (Å²) < 4.78 is 0. The smallest absolute Gasteiger partial charge is 0.303 e. The van der Waals surface area contributed by atoms with Crippen molar-refractivity contribution in [1.82, 2.24) is 0 Å². The first-order valence-corrected chi connectivity index (χ1v) is 9.71. The molecule has 0 heterocycles. The van der Waals surface area contributed by atoms with Crippen LogP contribution in [0.2, 0.25) is 0 Å². The molecule has 0 spiro atoms. The van der Waals surface area contributed by atoms with Gasteiger partial charge in [-0.15, -0.1) is 0 Å². The van der Waals surface area contributed by atoms with Crippen LogP contribution in [0.3, 0.4) is 0 Å². The number of aliphatic hydroxyl groups excluding tert-OH is 1. The van der Waals surface area contributed by atoms with E-state index in [0.29, 0.717) is 6.42 Å². The number of allylic oxidation sites excluding steroid dienone is 1. The Morgan fingerprint density at radius 3 is 2.09 bits per heavy atom. The molecule has 0 radical (unpaired) electrons. The monoisotopic (exact) mass is 326 g/mol. The van der Waals surface area contributed by atoms with Crippen molar-refractivity contribution in [1.29, 1.82) is 0 Å². The number of rotatable bonds is 17. The summed E-state index contributed by atoms with van der Waals surface area (Å²) in [5.41, 5.74) is 0. The van der Waals surface area contributed by atoms with E-state index in [1.165, 1.54) is 44.9 Å². The molecule has 0 aromatic rings. The van der Waals surface area contributed by atoms with Gasteiger partial charge in [0.15, 0.2) is 0 Å². The molecule has 3 heteroatoms. The van der Waals surface area contributed by atoms with Gasteiger partial charge in [0.25, 0.3) is 0 Å². The quantitative estimate of drug-likeness (QED) is 0.260. The zero-order chi connectivity index (χ0) is 17.2. The molecule has 0 amide bonds. The summed E-state index contributed by atoms with van der Waals surface area (Å²) in [5.74, 6) is -0.681. The Balaban J connectivity index is 3.23. The van der Waals surface area contributed by atoms with Crippen LogP contribution in [0.15, 0.2) is 12.2 Å². The molecule has 1 atom stereocenters. The molecule has 0 bridgehead atoms. The van der Waals surface area contributed by atoms with Gasteiger partial charge < -0.3 is 10.2 Å². The molecule has 23 heavy (non-hydrogen) atoms. The molecule has 136 valence electrons. The van der Waals surface area contributed by atoms with Gasteiger partial charge in [-0.3, -0.25) is 4.79 Å². The molecule has 1 unspecified atom stereocenters. The van der Waals surface area contributed by atoms with Gasteiger partial charge in [0.1, 0.15) is 0 Å². The average Bonchev–Trinajstić information content (AvgIpc) is 2.52. The molecular weight excluding hydrogens is 288 g/mol. The minimum atomic E-state index is -0.681. The Morgan fingerprint density at radius 2 is 1.48 bits per heavy atom. The maximum atomic E-state index is 10.4. The minimum absolute atomic E-state index is 0.173. The molecule has 0 aliphatic carbocycles. The molecule has 0 fully saturated rings. The van der Waals surface area contributed by atoms with Crippen LogP contribution in [0.25, 0.3) is 0 Å². The van der Waals surface area contributed by atoms with Gasteiger partial charge >= 0.3 is 5.97 Å². The lowest BCUT2D eigenvalue weighted by Gasteiger charge is -2.07. The van der Waals surface area contributed by atoms with Crippen molar-refractivity contribution in [3.05, 3.63) is 12.2 Å². The van der Waals surface area contributed by atoms with Gasteiger partial charge in [0, 0.05) is 6.42 Å². The van der Waals surface area contributed by atoms with Crippen LogP contribution in [0.4, 0.5) is 0 Å². The normalized spacial score (nSPS) is 12.8. The van der Waals surface area contributed by atoms with E-state index in [4.69, 9.17) is 5.11 Å². The molecule has 2 N–H and O–H groups in total. The van der Waals surface area contributed by atoms with Crippen LogP contribution in [-0.2, 0) is 4.79 Å². The van der Waals surface area contributed by atoms with Crippen molar-refractivity contribution in [3.8, 4) is 0 Å². The van der Waals surface area contributed by atoms with E-state index >= 15 is 0 Å². The zero-order valence-corrected chi connectivity index (χ0v) is 15.1. The molecular formula is C20H38O3. The second-order valence-electron chi connectivity index (χ2n) is 6.62. The Bertz CT molecular complexity index is 287. The molecule has 0 aromatic heterocycles. The van der Waals surface area contributed by atoms with Crippen LogP contribution in [0.1, 0.15) is 103 Å². The third kappa shape index (κ3) is 19.1. The minimum Gasteiger partial charge on any atom is -0.481 e. The summed E-state index contributed by atoms with van der Waals surface area (Å²) in [6.07, 6.45) is 20.2. The number of carbonyl (C=O) groups is 1. The van der Waals surface area contributed by atoms with E-state index in [2.05, 4.69) is 19.1 Å². The van der Waals surface area contributed by atoms with E-state index in [1.807, 2.05) is 0 Å². The summed E-state index contributed by atoms with van der Waals surface area (Å²) in [6, 6.07) is 0. The molecule has 0 saturated carbocycles. The zero-order valence-electron chi connectivity index (χ0n) is 15.1. The van der Waals surface area contributed by atoms with E-state index in [1.54, 1.807) is 0 Å². The fourth-order valence-electron chi connectivity index (χ4n) is 2.72. The molecule has 0 aliphatic heterocycles. The Kier molecular flexibility index (Phi) is 16.9. The molecule has 0 aromatic carbocycles. The Hall–Kier alpha value is -0.830. The van der Waals surface area contributed by atoms with Crippen molar-refractivity contribution in [3.63, 3.8) is 0 Å². The topological polar surface area (TPSA) is 57.5 Å². The van der Waals surface area contributed by atoms with Gasteiger partial charge in [0.05, 0.1) is 6.10 Å². The van der Waals surface area contributed by atoms with Crippen LogP contribution >= 0.6 is 0 Å². The Labute approximate surface area is 143 Å². The summed E-state index contributed by atoms with van der Waals surface area (Å²) in [6.45, 7) is 2.22. The number of carboxylic acids is 1. The van der Waals surface area contributed by atoms with E-state index in [0.717, 1.165) is 44.9 Å². The highest BCUT2D eigenvalue weighted by atomic mass is 16.4. The molecule has 0 rings (SSSR count). The van der Waals surface area contributed by atoms with Crippen molar-refractivity contribution in [2.24, 2.45) is 0 Å². The molecule has 0 saturated heterocycles. The lowest BCUT2D eigenvalue weighted by molar-refractivity contribution is -0.137. The number of unbranched alkanes of at least 4 members (excludes halogenated alkanes) is 10. The van der Waals surface area contributed by atoms with E-state index in [-0.39, 0.29) is 6.10 Å². The van der Waals surface area contributed by atoms with Gasteiger partial charge in [-0.05, 0) is 32.1 Å². The SMILES string of the molecule is CCCCC/C=C\CC(O)CCCCCCCCCCC(=O)O. The highest BCUT2D eigenvalue weighted by Gasteiger charge is 2.01. The summed E-state index contributed by atoms with van der Waals surface area (Å²) in [7, 11) is 0. The Morgan fingerprint density at radius 1 is 0.870 bits per heavy atom. The van der Waals surface area contributed by atoms with Gasteiger partial charge in [0.2, 0.25) is 0 Å². The third-order valence-corrected chi connectivity index (χ3v) is 4.23. The summed E-state index contributed by atoms with van der Waals surface area (Å²) >= 11 is 0. The average molecular weight is 327 g/mol. The lowest BCUT2D eigenvalue weighted by atomic mass is 10.0. The lowest BCUT2D eigenvalue weighted by Crippen LogP contribution is -2.04. The number of hydrogen-bond donors (Lipinski definition) is 2. The maximum absolute atomic E-state index is 10.4. The number of hydrogen-bond acceptors (Lipinski definition) is 2. The van der Waals surface area contributed by atoms with Crippen LogP contribution in [0, 0.1) is 0 Å². The van der Waals surface area contributed by atoms with Crippen LogP contribution in [-0.4, -0.2) is 22.3 Å². The van der Waals surface area contributed by atoms with Gasteiger partial charge in [-0.25, -0.2) is 0 Å². The summed E-state index contributed by atoms with van der Waals surface area (Å²) in [4.78, 5) is 10.4. The number of carboxylic acid groups (broad SMARTS) is 1. The largest absolute Gasteiger partial charge is 0.481 e. The second kappa shape index (κ2) is 17.5. The predicted molar refractivity (Wildman–Crippen MR) is 97.7 cm³/mol. The third-order valence-electron chi connectivity index (χ3n) is 4.23. The highest BCUT2D eigenvalue weighted by Crippen LogP contribution is 2.12. The van der Waals surface area contributed by atoms with Crippen LogP contribution < -0.4 is 0 Å². The first-order chi connectivity index (χ1) is 11.2. The standard InChI is InChI=1S/C20H38O3/c1-2-3-4-5-10-13-16-19(21)17-14-11-8-6-7-9-12-15-18-20(22)23/h10,13,19,21H,2-9,11-12,14-18H2,1H3,(H,22,23)/b13-10-. The predicted octanol–water partition coefficient (Wildman–Crippen LogP) is 5.86. The van der Waals surface area contributed by atoms with Crippen molar-refractivity contribution in [2.45, 2.75) is 109 Å². The first-order valence-electron chi connectivity index (χ1n) is 9.71. The van der Waals surface area contributed by atoms with E-state index < -0.39 is 5.97 Å². The van der Waals surface area contributed by atoms with Gasteiger partial charge in [-0.1, -0.05) is 76.9 Å². The molecule has 0 aliphatic rings. The maximum Gasteiger partial charge on any atom is 0.303 e.